The summed E-state index contributed by atoms with van der Waals surface area (Å²) in [5.74, 6) is 0.685. The first-order chi connectivity index (χ1) is 18.5. The highest BCUT2D eigenvalue weighted by Gasteiger charge is 2.43. The number of carbonyl (C=O) groups is 1. The molecule has 0 saturated heterocycles. The molecule has 190 valence electrons. The van der Waals surface area contributed by atoms with Crippen molar-refractivity contribution < 1.29 is 9.53 Å². The quantitative estimate of drug-likeness (QED) is 0.222. The number of carbonyl (C=O) groups excluding carboxylic acids is 1. The second-order valence-corrected chi connectivity index (χ2v) is 11.6. The highest BCUT2D eigenvalue weighted by Crippen LogP contribution is 2.44. The molecule has 1 aliphatic carbocycles. The Bertz CT molecular complexity index is 1540. The van der Waals surface area contributed by atoms with Gasteiger partial charge in [-0.25, -0.2) is 5.01 Å². The first-order valence-electron chi connectivity index (χ1n) is 12.8. The zero-order chi connectivity index (χ0) is 26.1. The van der Waals surface area contributed by atoms with Crippen molar-refractivity contribution in [2.24, 2.45) is 11.0 Å². The van der Waals surface area contributed by atoms with Crippen LogP contribution in [0.25, 0.3) is 16.8 Å². The predicted octanol–water partition coefficient (Wildman–Crippen LogP) is 8.57. The third kappa shape index (κ3) is 5.20. The topological polar surface area (TPSA) is 41.9 Å². The molecule has 6 rings (SSSR count). The van der Waals surface area contributed by atoms with Gasteiger partial charge in [-0.05, 0) is 89.2 Å². The van der Waals surface area contributed by atoms with Crippen molar-refractivity contribution in [2.45, 2.75) is 25.3 Å². The summed E-state index contributed by atoms with van der Waals surface area (Å²) in [5, 5.41) is 8.87. The van der Waals surface area contributed by atoms with Gasteiger partial charge >= 0.3 is 0 Å². The fourth-order valence-corrected chi connectivity index (χ4v) is 5.96. The molecule has 4 nitrogen and oxygen atoms in total. The van der Waals surface area contributed by atoms with E-state index in [1.54, 1.807) is 5.01 Å². The second kappa shape index (κ2) is 10.9. The number of nitrogens with zero attached hydrogens (tertiary/aromatic N) is 2. The van der Waals surface area contributed by atoms with E-state index in [-0.39, 0.29) is 24.5 Å². The van der Waals surface area contributed by atoms with E-state index in [1.807, 2.05) is 60.7 Å². The number of halogens is 2. The molecule has 0 bridgehead atoms. The SMILES string of the molecule is O=C(COc1ccc2ccccc2c1)N1N=C2C(=Cc3ccc(Br)cc3)CCCC2C1c1ccc(Br)cc1. The summed E-state index contributed by atoms with van der Waals surface area (Å²) in [5.41, 5.74) is 4.44. The van der Waals surface area contributed by atoms with E-state index in [4.69, 9.17) is 9.84 Å². The van der Waals surface area contributed by atoms with Crippen LogP contribution in [-0.4, -0.2) is 23.2 Å². The molecular weight excluding hydrogens is 604 g/mol. The Kier molecular flexibility index (Phi) is 7.18. The minimum atomic E-state index is -0.153. The van der Waals surface area contributed by atoms with Crippen LogP contribution in [0, 0.1) is 5.92 Å². The molecule has 1 aliphatic heterocycles. The largest absolute Gasteiger partial charge is 0.484 e. The molecule has 6 heteroatoms. The normalized spacial score (nSPS) is 19.9. The molecule has 0 aromatic heterocycles. The number of amides is 1. The Morgan fingerprint density at radius 2 is 1.63 bits per heavy atom. The number of ether oxygens (including phenoxy) is 1. The van der Waals surface area contributed by atoms with Gasteiger partial charge in [-0.1, -0.05) is 86.5 Å². The fraction of sp³-hybridized carbons (Fsp3) is 0.188. The summed E-state index contributed by atoms with van der Waals surface area (Å²) in [6, 6.07) is 30.4. The van der Waals surface area contributed by atoms with Gasteiger partial charge in [0.1, 0.15) is 5.75 Å². The van der Waals surface area contributed by atoms with Gasteiger partial charge in [0, 0.05) is 14.9 Å². The fourth-order valence-electron chi connectivity index (χ4n) is 5.43. The standard InChI is InChI=1S/C32H26Br2N2O2/c33-26-13-8-21(9-14-26)18-25-6-3-7-29-31(25)35-36(32(29)23-10-15-27(34)16-11-23)30(37)20-38-28-17-12-22-4-1-2-5-24(22)19-28/h1-2,4-5,8-19,29,32H,3,6-7,20H2. The summed E-state index contributed by atoms with van der Waals surface area (Å²) >= 11 is 7.06. The molecule has 0 radical (unpaired) electrons. The summed E-state index contributed by atoms with van der Waals surface area (Å²) in [6.07, 6.45) is 5.23. The van der Waals surface area contributed by atoms with Crippen LogP contribution in [-0.2, 0) is 4.79 Å². The molecule has 1 saturated carbocycles. The number of fused-ring (bicyclic) bond motifs is 2. The molecular formula is C32H26Br2N2O2. The highest BCUT2D eigenvalue weighted by molar-refractivity contribution is 9.10. The first-order valence-corrected chi connectivity index (χ1v) is 14.4. The average molecular weight is 630 g/mol. The van der Waals surface area contributed by atoms with Gasteiger partial charge in [-0.3, -0.25) is 4.79 Å². The minimum Gasteiger partial charge on any atom is -0.484 e. The van der Waals surface area contributed by atoms with Gasteiger partial charge in [0.05, 0.1) is 11.8 Å². The lowest BCUT2D eigenvalue weighted by Gasteiger charge is -2.29. The lowest BCUT2D eigenvalue weighted by molar-refractivity contribution is -0.135. The Morgan fingerprint density at radius 3 is 2.39 bits per heavy atom. The molecule has 1 heterocycles. The molecule has 2 atom stereocenters. The smallest absolute Gasteiger partial charge is 0.281 e. The van der Waals surface area contributed by atoms with Crippen molar-refractivity contribution in [1.29, 1.82) is 0 Å². The van der Waals surface area contributed by atoms with Gasteiger partial charge in [0.2, 0.25) is 0 Å². The Balaban J connectivity index is 1.30. The Morgan fingerprint density at radius 1 is 0.921 bits per heavy atom. The number of allylic oxidation sites excluding steroid dienone is 1. The second-order valence-electron chi connectivity index (χ2n) is 9.74. The van der Waals surface area contributed by atoms with Gasteiger partial charge in [0.15, 0.2) is 6.61 Å². The average Bonchev–Trinajstić information content (AvgIpc) is 3.34. The summed E-state index contributed by atoms with van der Waals surface area (Å²) < 4.78 is 8.06. The summed E-state index contributed by atoms with van der Waals surface area (Å²) in [4.78, 5) is 13.6. The molecule has 4 aromatic rings. The van der Waals surface area contributed by atoms with Gasteiger partial charge in [-0.15, -0.1) is 0 Å². The van der Waals surface area contributed by atoms with E-state index in [0.29, 0.717) is 5.75 Å². The van der Waals surface area contributed by atoms with Crippen LogP contribution in [0.2, 0.25) is 0 Å². The van der Waals surface area contributed by atoms with Crippen molar-refractivity contribution in [2.75, 3.05) is 6.61 Å². The van der Waals surface area contributed by atoms with E-state index < -0.39 is 0 Å². The van der Waals surface area contributed by atoms with Gasteiger partial charge in [0.25, 0.3) is 5.91 Å². The maximum absolute atomic E-state index is 13.6. The lowest BCUT2D eigenvalue weighted by atomic mass is 9.77. The maximum Gasteiger partial charge on any atom is 0.281 e. The molecule has 4 aromatic carbocycles. The number of benzene rings is 4. The van der Waals surface area contributed by atoms with Crippen molar-refractivity contribution >= 4 is 60.3 Å². The van der Waals surface area contributed by atoms with Crippen LogP contribution in [0.3, 0.4) is 0 Å². The van der Waals surface area contributed by atoms with E-state index in [1.165, 1.54) is 5.57 Å². The lowest BCUT2D eigenvalue weighted by Crippen LogP contribution is -2.34. The van der Waals surface area contributed by atoms with Crippen LogP contribution in [0.4, 0.5) is 0 Å². The Hall–Kier alpha value is -3.22. The number of hydrogen-bond donors (Lipinski definition) is 0. The molecule has 2 aliphatic rings. The number of rotatable bonds is 5. The third-order valence-corrected chi connectivity index (χ3v) is 8.32. The molecule has 0 spiro atoms. The zero-order valence-electron chi connectivity index (χ0n) is 20.7. The third-order valence-electron chi connectivity index (χ3n) is 7.26. The minimum absolute atomic E-state index is 0.0688. The monoisotopic (exact) mass is 628 g/mol. The molecule has 1 fully saturated rings. The predicted molar refractivity (Wildman–Crippen MR) is 160 cm³/mol. The van der Waals surface area contributed by atoms with E-state index in [0.717, 1.165) is 55.8 Å². The van der Waals surface area contributed by atoms with Crippen LogP contribution >= 0.6 is 31.9 Å². The molecule has 0 N–H and O–H groups in total. The summed E-state index contributed by atoms with van der Waals surface area (Å²) in [6.45, 7) is -0.0688. The van der Waals surface area contributed by atoms with Gasteiger partial charge in [-0.2, -0.15) is 5.10 Å². The first kappa shape index (κ1) is 25.1. The van der Waals surface area contributed by atoms with E-state index >= 15 is 0 Å². The Labute approximate surface area is 239 Å². The van der Waals surface area contributed by atoms with Crippen LogP contribution < -0.4 is 4.74 Å². The van der Waals surface area contributed by atoms with Crippen LogP contribution in [0.5, 0.6) is 5.75 Å². The number of hydrogen-bond acceptors (Lipinski definition) is 3. The van der Waals surface area contributed by atoms with Crippen LogP contribution in [0.1, 0.15) is 36.4 Å². The van der Waals surface area contributed by atoms with E-state index in [2.05, 4.69) is 68.3 Å². The molecule has 38 heavy (non-hydrogen) atoms. The van der Waals surface area contributed by atoms with Crippen molar-refractivity contribution in [3.63, 3.8) is 0 Å². The van der Waals surface area contributed by atoms with Crippen molar-refractivity contribution in [3.05, 3.63) is 117 Å². The number of hydrazone groups is 1. The van der Waals surface area contributed by atoms with Crippen LogP contribution in [0.15, 0.2) is 111 Å². The zero-order valence-corrected chi connectivity index (χ0v) is 23.9. The van der Waals surface area contributed by atoms with E-state index in [9.17, 15) is 4.79 Å². The maximum atomic E-state index is 13.6. The van der Waals surface area contributed by atoms with Gasteiger partial charge < -0.3 is 4.74 Å². The van der Waals surface area contributed by atoms with Crippen molar-refractivity contribution in [1.82, 2.24) is 5.01 Å². The van der Waals surface area contributed by atoms with Crippen molar-refractivity contribution in [3.8, 4) is 5.75 Å². The molecule has 1 amide bonds. The highest BCUT2D eigenvalue weighted by atomic mass is 79.9. The summed E-state index contributed by atoms with van der Waals surface area (Å²) in [7, 11) is 0. The molecule has 2 unspecified atom stereocenters.